The Morgan fingerprint density at radius 2 is 2.12 bits per heavy atom. The van der Waals surface area contributed by atoms with Gasteiger partial charge < -0.3 is 9.64 Å². The molecule has 4 nitrogen and oxygen atoms in total. The van der Waals surface area contributed by atoms with Crippen LogP contribution in [0.2, 0.25) is 0 Å². The molecule has 1 aromatic carbocycles. The number of amides is 1. The van der Waals surface area contributed by atoms with E-state index in [1.807, 2.05) is 0 Å². The van der Waals surface area contributed by atoms with Crippen LogP contribution in [-0.4, -0.2) is 37.0 Å². The lowest BCUT2D eigenvalue weighted by atomic mass is 10.2. The van der Waals surface area contributed by atoms with Crippen LogP contribution >= 0.6 is 0 Å². The minimum absolute atomic E-state index is 0.150. The largest absolute Gasteiger partial charge is 0.465 e. The molecule has 0 bridgehead atoms. The lowest BCUT2D eigenvalue weighted by Crippen LogP contribution is -2.33. The van der Waals surface area contributed by atoms with Crippen molar-refractivity contribution in [3.05, 3.63) is 35.6 Å². The monoisotopic (exact) mass is 239 g/mol. The molecule has 0 N–H and O–H groups in total. The van der Waals surface area contributed by atoms with E-state index in [4.69, 9.17) is 4.74 Å². The Bertz CT molecular complexity index is 420. The molecule has 0 aliphatic heterocycles. The van der Waals surface area contributed by atoms with Crippen molar-refractivity contribution in [2.24, 2.45) is 0 Å². The van der Waals surface area contributed by atoms with Crippen molar-refractivity contribution in [3.8, 4) is 0 Å². The molecule has 0 heterocycles. The number of halogens is 1. The van der Waals surface area contributed by atoms with Gasteiger partial charge >= 0.3 is 5.97 Å². The number of esters is 1. The van der Waals surface area contributed by atoms with E-state index in [1.54, 1.807) is 6.92 Å². The van der Waals surface area contributed by atoms with Gasteiger partial charge in [-0.05, 0) is 25.1 Å². The molecule has 0 spiro atoms. The van der Waals surface area contributed by atoms with Crippen molar-refractivity contribution < 1.29 is 18.7 Å². The van der Waals surface area contributed by atoms with Crippen LogP contribution in [0.1, 0.15) is 17.3 Å². The minimum atomic E-state index is -0.486. The molecule has 1 rings (SSSR count). The number of hydrogen-bond acceptors (Lipinski definition) is 3. The van der Waals surface area contributed by atoms with E-state index in [0.717, 1.165) is 6.07 Å². The normalized spacial score (nSPS) is 9.82. The molecule has 1 aromatic rings. The molecule has 5 heteroatoms. The number of carbonyl (C=O) groups excluding carboxylic acids is 2. The minimum Gasteiger partial charge on any atom is -0.465 e. The fourth-order valence-electron chi connectivity index (χ4n) is 1.31. The molecule has 0 aromatic heterocycles. The van der Waals surface area contributed by atoms with E-state index in [0.29, 0.717) is 0 Å². The highest BCUT2D eigenvalue weighted by atomic mass is 19.1. The highest BCUT2D eigenvalue weighted by molar-refractivity contribution is 5.95. The van der Waals surface area contributed by atoms with Crippen LogP contribution in [0.4, 0.5) is 4.39 Å². The van der Waals surface area contributed by atoms with Crippen molar-refractivity contribution in [3.63, 3.8) is 0 Å². The van der Waals surface area contributed by atoms with Crippen LogP contribution in [0.5, 0.6) is 0 Å². The van der Waals surface area contributed by atoms with Gasteiger partial charge in [0.15, 0.2) is 0 Å². The summed E-state index contributed by atoms with van der Waals surface area (Å²) in [6.07, 6.45) is 0. The SMILES string of the molecule is CCOC(=O)CN(C)C(=O)c1cccc(F)c1. The maximum absolute atomic E-state index is 12.9. The lowest BCUT2D eigenvalue weighted by molar-refractivity contribution is -0.143. The third-order valence-corrected chi connectivity index (χ3v) is 2.09. The Hall–Kier alpha value is -1.91. The van der Waals surface area contributed by atoms with Gasteiger partial charge in [0.25, 0.3) is 5.91 Å². The van der Waals surface area contributed by atoms with Crippen LogP contribution in [0, 0.1) is 5.82 Å². The van der Waals surface area contributed by atoms with E-state index in [2.05, 4.69) is 0 Å². The van der Waals surface area contributed by atoms with Crippen LogP contribution in [0.3, 0.4) is 0 Å². The Morgan fingerprint density at radius 3 is 2.71 bits per heavy atom. The van der Waals surface area contributed by atoms with Crippen LogP contribution < -0.4 is 0 Å². The number of benzene rings is 1. The van der Waals surface area contributed by atoms with Crippen molar-refractivity contribution in [1.82, 2.24) is 4.90 Å². The third kappa shape index (κ3) is 3.86. The van der Waals surface area contributed by atoms with E-state index in [1.165, 1.54) is 30.1 Å². The first kappa shape index (κ1) is 13.2. The molecule has 0 fully saturated rings. The summed E-state index contributed by atoms with van der Waals surface area (Å²) < 4.78 is 17.6. The third-order valence-electron chi connectivity index (χ3n) is 2.09. The first-order chi connectivity index (χ1) is 8.04. The second-order valence-electron chi connectivity index (χ2n) is 3.48. The highest BCUT2D eigenvalue weighted by Gasteiger charge is 2.15. The van der Waals surface area contributed by atoms with Gasteiger partial charge in [-0.2, -0.15) is 0 Å². The first-order valence-corrected chi connectivity index (χ1v) is 5.21. The zero-order chi connectivity index (χ0) is 12.8. The van der Waals surface area contributed by atoms with Crippen LogP contribution in [-0.2, 0) is 9.53 Å². The van der Waals surface area contributed by atoms with E-state index < -0.39 is 17.7 Å². The smallest absolute Gasteiger partial charge is 0.325 e. The van der Waals surface area contributed by atoms with Crippen molar-refractivity contribution >= 4 is 11.9 Å². The zero-order valence-electron chi connectivity index (χ0n) is 9.77. The maximum Gasteiger partial charge on any atom is 0.325 e. The molecule has 1 amide bonds. The fourth-order valence-corrected chi connectivity index (χ4v) is 1.31. The summed E-state index contributed by atoms with van der Waals surface area (Å²) in [5.41, 5.74) is 0.205. The average molecular weight is 239 g/mol. The zero-order valence-corrected chi connectivity index (χ0v) is 9.77. The van der Waals surface area contributed by atoms with Gasteiger partial charge in [0.05, 0.1) is 6.61 Å². The summed E-state index contributed by atoms with van der Waals surface area (Å²) in [7, 11) is 1.46. The summed E-state index contributed by atoms with van der Waals surface area (Å²) in [5.74, 6) is -1.39. The Kier molecular flexibility index (Phi) is 4.63. The Labute approximate surface area is 99.0 Å². The maximum atomic E-state index is 12.9. The predicted octanol–water partition coefficient (Wildman–Crippen LogP) is 1.46. The molecule has 0 aliphatic carbocycles. The molecule has 0 radical (unpaired) electrons. The van der Waals surface area contributed by atoms with Crippen molar-refractivity contribution in [1.29, 1.82) is 0 Å². The van der Waals surface area contributed by atoms with Gasteiger partial charge in [-0.25, -0.2) is 4.39 Å². The highest BCUT2D eigenvalue weighted by Crippen LogP contribution is 2.06. The topological polar surface area (TPSA) is 46.6 Å². The van der Waals surface area contributed by atoms with E-state index >= 15 is 0 Å². The first-order valence-electron chi connectivity index (χ1n) is 5.21. The van der Waals surface area contributed by atoms with Gasteiger partial charge in [-0.15, -0.1) is 0 Å². The van der Waals surface area contributed by atoms with Gasteiger partial charge in [0, 0.05) is 12.6 Å². The van der Waals surface area contributed by atoms with Gasteiger partial charge in [0.2, 0.25) is 0 Å². The number of likely N-dealkylation sites (N-methyl/N-ethyl adjacent to an activating group) is 1. The summed E-state index contributed by atoms with van der Waals surface area (Å²) in [4.78, 5) is 24.1. The molecular weight excluding hydrogens is 225 g/mol. The van der Waals surface area contributed by atoms with Gasteiger partial charge in [-0.3, -0.25) is 9.59 Å². The summed E-state index contributed by atoms with van der Waals surface area (Å²) in [5, 5.41) is 0. The molecule has 0 saturated carbocycles. The molecule has 0 unspecified atom stereocenters. The molecule has 17 heavy (non-hydrogen) atoms. The van der Waals surface area contributed by atoms with Crippen molar-refractivity contribution in [2.75, 3.05) is 20.2 Å². The molecular formula is C12H14FNO3. The van der Waals surface area contributed by atoms with E-state index in [9.17, 15) is 14.0 Å². The average Bonchev–Trinajstić information content (AvgIpc) is 2.28. The second kappa shape index (κ2) is 5.98. The number of ether oxygens (including phenoxy) is 1. The molecule has 0 aliphatic rings. The predicted molar refractivity (Wildman–Crippen MR) is 60.0 cm³/mol. The quantitative estimate of drug-likeness (QED) is 0.747. The van der Waals surface area contributed by atoms with Crippen molar-refractivity contribution in [2.45, 2.75) is 6.92 Å². The molecule has 0 saturated heterocycles. The van der Waals surface area contributed by atoms with Gasteiger partial charge in [-0.1, -0.05) is 6.07 Å². The summed E-state index contributed by atoms with van der Waals surface area (Å²) >= 11 is 0. The summed E-state index contributed by atoms with van der Waals surface area (Å²) in [6.45, 7) is 1.80. The number of hydrogen-bond donors (Lipinski definition) is 0. The Morgan fingerprint density at radius 1 is 1.41 bits per heavy atom. The summed E-state index contributed by atoms with van der Waals surface area (Å²) in [6, 6.07) is 5.32. The van der Waals surface area contributed by atoms with Gasteiger partial charge in [0.1, 0.15) is 12.4 Å². The van der Waals surface area contributed by atoms with E-state index in [-0.39, 0.29) is 18.7 Å². The standard InChI is InChI=1S/C12H14FNO3/c1-3-17-11(15)8-14(2)12(16)9-5-4-6-10(13)7-9/h4-7H,3,8H2,1-2H3. The second-order valence-corrected chi connectivity index (χ2v) is 3.48. The fraction of sp³-hybridized carbons (Fsp3) is 0.333. The molecule has 0 atom stereocenters. The van der Waals surface area contributed by atoms with Crippen LogP contribution in [0.25, 0.3) is 0 Å². The molecule has 92 valence electrons. The number of carbonyl (C=O) groups is 2. The van der Waals surface area contributed by atoms with Crippen LogP contribution in [0.15, 0.2) is 24.3 Å². The number of rotatable bonds is 4. The lowest BCUT2D eigenvalue weighted by Gasteiger charge is -2.15. The Balaban J connectivity index is 2.67. The number of nitrogens with zero attached hydrogens (tertiary/aromatic N) is 1.